The molecule has 1 saturated heterocycles. The first kappa shape index (κ1) is 17.5. The van der Waals surface area contributed by atoms with Gasteiger partial charge in [-0.15, -0.1) is 0 Å². The van der Waals surface area contributed by atoms with Gasteiger partial charge in [0.1, 0.15) is 12.4 Å². The Morgan fingerprint density at radius 1 is 1.17 bits per heavy atom. The number of rotatable bonds is 4. The Morgan fingerprint density at radius 3 is 2.52 bits per heavy atom. The summed E-state index contributed by atoms with van der Waals surface area (Å²) in [6.07, 6.45) is 3.03. The molecule has 1 aliphatic rings. The van der Waals surface area contributed by atoms with E-state index in [4.69, 9.17) is 4.74 Å². The molecule has 23 heavy (non-hydrogen) atoms. The number of carbonyl (C=O) groups is 2. The monoisotopic (exact) mass is 317 g/mol. The first-order chi connectivity index (χ1) is 10.9. The highest BCUT2D eigenvalue weighted by Gasteiger charge is 2.32. The van der Waals surface area contributed by atoms with Gasteiger partial charge in [-0.3, -0.25) is 4.79 Å². The smallest absolute Gasteiger partial charge is 0.410 e. The highest BCUT2D eigenvalue weighted by atomic mass is 16.6. The fourth-order valence-electron chi connectivity index (χ4n) is 2.78. The molecular formula is C19H27NO3. The maximum atomic E-state index is 12.4. The summed E-state index contributed by atoms with van der Waals surface area (Å²) in [5.41, 5.74) is 0.608. The molecule has 2 rings (SSSR count). The zero-order chi connectivity index (χ0) is 16.9. The van der Waals surface area contributed by atoms with Crippen LogP contribution in [0, 0.1) is 5.41 Å². The van der Waals surface area contributed by atoms with E-state index in [0.717, 1.165) is 24.8 Å². The fraction of sp³-hybridized carbons (Fsp3) is 0.579. The van der Waals surface area contributed by atoms with Gasteiger partial charge in [0.15, 0.2) is 0 Å². The summed E-state index contributed by atoms with van der Waals surface area (Å²) in [4.78, 5) is 26.5. The van der Waals surface area contributed by atoms with Crippen LogP contribution >= 0.6 is 0 Å². The van der Waals surface area contributed by atoms with Crippen LogP contribution in [0.1, 0.15) is 52.0 Å². The van der Waals surface area contributed by atoms with Crippen molar-refractivity contribution in [1.29, 1.82) is 0 Å². The third kappa shape index (κ3) is 5.08. The minimum Gasteiger partial charge on any atom is -0.445 e. The van der Waals surface area contributed by atoms with Crippen LogP contribution in [0.4, 0.5) is 4.79 Å². The van der Waals surface area contributed by atoms with E-state index in [9.17, 15) is 9.59 Å². The Labute approximate surface area is 138 Å². The number of amides is 1. The SMILES string of the molecule is CC(C)(C)C(=O)CC1CCCCN1C(=O)OCc1ccccc1. The molecule has 1 amide bonds. The fourth-order valence-corrected chi connectivity index (χ4v) is 2.78. The lowest BCUT2D eigenvalue weighted by Crippen LogP contribution is -2.46. The van der Waals surface area contributed by atoms with Crippen LogP contribution in [-0.2, 0) is 16.1 Å². The van der Waals surface area contributed by atoms with Gasteiger partial charge in [0.05, 0.1) is 0 Å². The number of piperidine rings is 1. The van der Waals surface area contributed by atoms with Gasteiger partial charge in [-0.2, -0.15) is 0 Å². The third-order valence-corrected chi connectivity index (χ3v) is 4.32. The molecule has 4 nitrogen and oxygen atoms in total. The van der Waals surface area contributed by atoms with Crippen molar-refractivity contribution in [1.82, 2.24) is 4.90 Å². The van der Waals surface area contributed by atoms with Crippen molar-refractivity contribution in [3.63, 3.8) is 0 Å². The second-order valence-corrected chi connectivity index (χ2v) is 7.26. The number of hydrogen-bond donors (Lipinski definition) is 0. The summed E-state index contributed by atoms with van der Waals surface area (Å²) in [5, 5.41) is 0. The van der Waals surface area contributed by atoms with E-state index in [1.54, 1.807) is 4.90 Å². The molecule has 1 atom stereocenters. The normalized spacial score (nSPS) is 18.6. The molecule has 1 aromatic rings. The third-order valence-electron chi connectivity index (χ3n) is 4.32. The molecule has 0 saturated carbocycles. The summed E-state index contributed by atoms with van der Waals surface area (Å²) in [6.45, 7) is 6.73. The van der Waals surface area contributed by atoms with Gasteiger partial charge >= 0.3 is 6.09 Å². The summed E-state index contributed by atoms with van der Waals surface area (Å²) < 4.78 is 5.44. The molecule has 0 aromatic heterocycles. The van der Waals surface area contributed by atoms with E-state index in [1.165, 1.54) is 0 Å². The van der Waals surface area contributed by atoms with Crippen molar-refractivity contribution in [2.45, 2.75) is 59.1 Å². The van der Waals surface area contributed by atoms with Crippen LogP contribution in [0.25, 0.3) is 0 Å². The minimum atomic E-state index is -0.364. The first-order valence-electron chi connectivity index (χ1n) is 8.38. The molecule has 1 unspecified atom stereocenters. The summed E-state index contributed by atoms with van der Waals surface area (Å²) in [5.74, 6) is 0.199. The van der Waals surface area contributed by atoms with E-state index in [2.05, 4.69) is 0 Å². The number of nitrogens with zero attached hydrogens (tertiary/aromatic N) is 1. The second kappa shape index (κ2) is 7.62. The molecule has 0 spiro atoms. The number of hydrogen-bond acceptors (Lipinski definition) is 3. The lowest BCUT2D eigenvalue weighted by atomic mass is 9.85. The molecule has 0 radical (unpaired) electrons. The lowest BCUT2D eigenvalue weighted by Gasteiger charge is -2.35. The molecule has 0 aliphatic carbocycles. The average Bonchev–Trinajstić information content (AvgIpc) is 2.53. The minimum absolute atomic E-state index is 0.0289. The number of ether oxygens (including phenoxy) is 1. The van der Waals surface area contributed by atoms with E-state index in [-0.39, 0.29) is 29.9 Å². The Morgan fingerprint density at radius 2 is 1.87 bits per heavy atom. The van der Waals surface area contributed by atoms with Gasteiger partial charge in [-0.05, 0) is 24.8 Å². The van der Waals surface area contributed by atoms with Crippen LogP contribution in [-0.4, -0.2) is 29.4 Å². The van der Waals surface area contributed by atoms with E-state index < -0.39 is 0 Å². The van der Waals surface area contributed by atoms with Crippen LogP contribution < -0.4 is 0 Å². The summed E-state index contributed by atoms with van der Waals surface area (Å²) >= 11 is 0. The zero-order valence-electron chi connectivity index (χ0n) is 14.4. The van der Waals surface area contributed by atoms with Crippen molar-refractivity contribution in [3.05, 3.63) is 35.9 Å². The molecule has 0 bridgehead atoms. The quantitative estimate of drug-likeness (QED) is 0.837. The Hall–Kier alpha value is -1.84. The zero-order valence-corrected chi connectivity index (χ0v) is 14.4. The maximum absolute atomic E-state index is 12.4. The van der Waals surface area contributed by atoms with Crippen molar-refractivity contribution in [2.24, 2.45) is 5.41 Å². The van der Waals surface area contributed by atoms with Gasteiger partial charge in [-0.1, -0.05) is 51.1 Å². The van der Waals surface area contributed by atoms with Crippen LogP contribution in [0.2, 0.25) is 0 Å². The van der Waals surface area contributed by atoms with Gasteiger partial charge < -0.3 is 9.64 Å². The standard InChI is InChI=1S/C19H27NO3/c1-19(2,3)17(21)13-16-11-7-8-12-20(16)18(22)23-14-15-9-5-4-6-10-15/h4-6,9-10,16H,7-8,11-14H2,1-3H3. The average molecular weight is 317 g/mol. The molecule has 1 aliphatic heterocycles. The van der Waals surface area contributed by atoms with E-state index >= 15 is 0 Å². The Bertz CT molecular complexity index is 533. The van der Waals surface area contributed by atoms with E-state index in [1.807, 2.05) is 51.1 Å². The number of Topliss-reactive ketones (excluding diaryl/α,β-unsaturated/α-hetero) is 1. The van der Waals surface area contributed by atoms with Gasteiger partial charge in [0.25, 0.3) is 0 Å². The first-order valence-corrected chi connectivity index (χ1v) is 8.38. The number of ketones is 1. The maximum Gasteiger partial charge on any atom is 0.410 e. The van der Waals surface area contributed by atoms with E-state index in [0.29, 0.717) is 13.0 Å². The van der Waals surface area contributed by atoms with Gasteiger partial charge in [0.2, 0.25) is 0 Å². The molecule has 0 N–H and O–H groups in total. The molecule has 1 aromatic carbocycles. The number of carbonyl (C=O) groups excluding carboxylic acids is 2. The highest BCUT2D eigenvalue weighted by Crippen LogP contribution is 2.25. The second-order valence-electron chi connectivity index (χ2n) is 7.26. The Kier molecular flexibility index (Phi) is 5.80. The highest BCUT2D eigenvalue weighted by molar-refractivity contribution is 5.84. The number of benzene rings is 1. The van der Waals surface area contributed by atoms with Crippen molar-refractivity contribution < 1.29 is 14.3 Å². The van der Waals surface area contributed by atoms with Gasteiger partial charge in [-0.25, -0.2) is 4.79 Å². The molecule has 1 fully saturated rings. The van der Waals surface area contributed by atoms with Crippen LogP contribution in [0.15, 0.2) is 30.3 Å². The van der Waals surface area contributed by atoms with Crippen LogP contribution in [0.3, 0.4) is 0 Å². The van der Waals surface area contributed by atoms with Gasteiger partial charge in [0, 0.05) is 24.4 Å². The molecular weight excluding hydrogens is 290 g/mol. The lowest BCUT2D eigenvalue weighted by molar-refractivity contribution is -0.127. The molecule has 126 valence electrons. The Balaban J connectivity index is 1.94. The van der Waals surface area contributed by atoms with Crippen LogP contribution in [0.5, 0.6) is 0 Å². The molecule has 1 heterocycles. The number of likely N-dealkylation sites (tertiary alicyclic amines) is 1. The predicted molar refractivity (Wildman–Crippen MR) is 90.1 cm³/mol. The van der Waals surface area contributed by atoms with Crippen molar-refractivity contribution in [2.75, 3.05) is 6.54 Å². The summed E-state index contributed by atoms with van der Waals surface area (Å²) in [7, 11) is 0. The molecule has 4 heteroatoms. The largest absolute Gasteiger partial charge is 0.445 e. The summed E-state index contributed by atoms with van der Waals surface area (Å²) in [6, 6.07) is 9.63. The van der Waals surface area contributed by atoms with Crippen molar-refractivity contribution in [3.8, 4) is 0 Å². The topological polar surface area (TPSA) is 46.6 Å². The van der Waals surface area contributed by atoms with Crippen molar-refractivity contribution >= 4 is 11.9 Å². The predicted octanol–water partition coefficient (Wildman–Crippen LogP) is 4.18.